The van der Waals surface area contributed by atoms with Crippen molar-refractivity contribution in [1.82, 2.24) is 4.90 Å². The minimum absolute atomic E-state index is 0.0534. The van der Waals surface area contributed by atoms with Crippen LogP contribution in [0.5, 0.6) is 0 Å². The van der Waals surface area contributed by atoms with Gasteiger partial charge in [-0.05, 0) is 60.7 Å². The highest BCUT2D eigenvalue weighted by Gasteiger charge is 2.38. The van der Waals surface area contributed by atoms with Gasteiger partial charge in [0.1, 0.15) is 0 Å². The molecule has 2 aromatic rings. The number of fused-ring (bicyclic) bond motifs is 3. The van der Waals surface area contributed by atoms with Crippen LogP contribution in [0.25, 0.3) is 11.1 Å². The molecule has 2 bridgehead atoms. The number of nitrogens with one attached hydrogen (secondary N) is 1. The Kier molecular flexibility index (Phi) is 5.25. The zero-order valence-corrected chi connectivity index (χ0v) is 16.9. The summed E-state index contributed by atoms with van der Waals surface area (Å²) in [4.78, 5) is 15.1. The summed E-state index contributed by atoms with van der Waals surface area (Å²) < 4.78 is 22.8. The quantitative estimate of drug-likeness (QED) is 0.840. The molecule has 0 aliphatic carbocycles. The summed E-state index contributed by atoms with van der Waals surface area (Å²) in [6.07, 6.45) is 3.50. The largest absolute Gasteiger partial charge is 0.326 e. The van der Waals surface area contributed by atoms with Crippen molar-refractivity contribution in [1.29, 1.82) is 0 Å². The van der Waals surface area contributed by atoms with E-state index in [9.17, 15) is 13.2 Å². The van der Waals surface area contributed by atoms with E-state index in [0.29, 0.717) is 5.92 Å². The Morgan fingerprint density at radius 1 is 1.00 bits per heavy atom. The molecule has 2 aromatic carbocycles. The maximum Gasteiger partial charge on any atom is 0.229 e. The van der Waals surface area contributed by atoms with Crippen LogP contribution in [0.15, 0.2) is 48.5 Å². The van der Waals surface area contributed by atoms with Crippen molar-refractivity contribution in [2.45, 2.75) is 18.6 Å². The zero-order valence-electron chi connectivity index (χ0n) is 16.1. The van der Waals surface area contributed by atoms with Gasteiger partial charge in [0.15, 0.2) is 9.84 Å². The first-order valence-electron chi connectivity index (χ1n) is 9.78. The molecular weight excluding hydrogens is 372 g/mol. The lowest BCUT2D eigenvalue weighted by molar-refractivity contribution is -0.125. The van der Waals surface area contributed by atoms with E-state index < -0.39 is 9.84 Å². The van der Waals surface area contributed by atoms with Crippen LogP contribution in [0, 0.1) is 11.8 Å². The molecule has 3 aliphatic heterocycles. The number of carbonyl (C=O) groups is 1. The standard InChI is InChI=1S/C22H26N2O3S/c1-28(26,27)15-16-2-4-17(5-3-16)18-6-8-20(9-7-18)23-22(25)21-14-24-12-10-19(21)11-13-24/h2-9,19,21H,10-15H2,1H3,(H,23,25)/t21-/m0/s1. The molecule has 0 saturated carbocycles. The maximum atomic E-state index is 12.7. The van der Waals surface area contributed by atoms with E-state index in [1.165, 1.54) is 6.26 Å². The molecule has 1 N–H and O–H groups in total. The highest BCUT2D eigenvalue weighted by atomic mass is 32.2. The van der Waals surface area contributed by atoms with Crippen LogP contribution < -0.4 is 5.32 Å². The second-order valence-corrected chi connectivity index (χ2v) is 10.2. The van der Waals surface area contributed by atoms with Crippen molar-refractivity contribution in [2.75, 3.05) is 31.2 Å². The van der Waals surface area contributed by atoms with Gasteiger partial charge in [-0.2, -0.15) is 0 Å². The Bertz CT molecular complexity index is 944. The van der Waals surface area contributed by atoms with Crippen LogP contribution in [-0.4, -0.2) is 45.1 Å². The van der Waals surface area contributed by atoms with Gasteiger partial charge in [-0.25, -0.2) is 8.42 Å². The van der Waals surface area contributed by atoms with Crippen molar-refractivity contribution in [3.8, 4) is 11.1 Å². The van der Waals surface area contributed by atoms with Crippen molar-refractivity contribution in [2.24, 2.45) is 11.8 Å². The first kappa shape index (κ1) is 19.2. The third-order valence-electron chi connectivity index (χ3n) is 5.86. The minimum Gasteiger partial charge on any atom is -0.326 e. The van der Waals surface area contributed by atoms with Gasteiger partial charge < -0.3 is 10.2 Å². The van der Waals surface area contributed by atoms with Gasteiger partial charge in [0.2, 0.25) is 5.91 Å². The molecule has 3 fully saturated rings. The minimum atomic E-state index is -3.03. The van der Waals surface area contributed by atoms with E-state index in [1.807, 2.05) is 48.5 Å². The van der Waals surface area contributed by atoms with Crippen LogP contribution in [0.3, 0.4) is 0 Å². The Labute approximate surface area is 166 Å². The number of hydrogen-bond acceptors (Lipinski definition) is 4. The van der Waals surface area contributed by atoms with Gasteiger partial charge in [0.25, 0.3) is 0 Å². The predicted octanol–water partition coefficient (Wildman–Crippen LogP) is 3.18. The number of sulfone groups is 1. The number of nitrogens with zero attached hydrogens (tertiary/aromatic N) is 1. The van der Waals surface area contributed by atoms with E-state index in [4.69, 9.17) is 0 Å². The molecule has 3 saturated heterocycles. The zero-order chi connectivity index (χ0) is 19.7. The molecule has 6 heteroatoms. The summed E-state index contributed by atoms with van der Waals surface area (Å²) in [7, 11) is -3.03. The molecule has 0 aromatic heterocycles. The van der Waals surface area contributed by atoms with E-state index in [1.54, 1.807) is 0 Å². The average molecular weight is 399 g/mol. The molecule has 0 spiro atoms. The van der Waals surface area contributed by atoms with Crippen LogP contribution >= 0.6 is 0 Å². The SMILES string of the molecule is CS(=O)(=O)Cc1ccc(-c2ccc(NC(=O)[C@H]3CN4CCC3CC4)cc2)cc1. The van der Waals surface area contributed by atoms with Gasteiger partial charge in [-0.1, -0.05) is 36.4 Å². The highest BCUT2D eigenvalue weighted by Crippen LogP contribution is 2.33. The number of rotatable bonds is 5. The van der Waals surface area contributed by atoms with Gasteiger partial charge in [0.05, 0.1) is 11.7 Å². The molecule has 28 heavy (non-hydrogen) atoms. The fourth-order valence-electron chi connectivity index (χ4n) is 4.34. The van der Waals surface area contributed by atoms with E-state index in [0.717, 1.165) is 54.9 Å². The Morgan fingerprint density at radius 2 is 1.57 bits per heavy atom. The number of hydrogen-bond donors (Lipinski definition) is 1. The summed E-state index contributed by atoms with van der Waals surface area (Å²) >= 11 is 0. The molecule has 3 heterocycles. The summed E-state index contributed by atoms with van der Waals surface area (Å²) in [6, 6.07) is 15.4. The lowest BCUT2D eigenvalue weighted by Crippen LogP contribution is -2.51. The Hall–Kier alpha value is -2.18. The Morgan fingerprint density at radius 3 is 2.07 bits per heavy atom. The van der Waals surface area contributed by atoms with E-state index >= 15 is 0 Å². The van der Waals surface area contributed by atoms with Crippen molar-refractivity contribution in [3.63, 3.8) is 0 Å². The van der Waals surface area contributed by atoms with E-state index in [2.05, 4.69) is 10.2 Å². The van der Waals surface area contributed by atoms with Crippen LogP contribution in [0.1, 0.15) is 18.4 Å². The van der Waals surface area contributed by atoms with Gasteiger partial charge in [-0.15, -0.1) is 0 Å². The molecule has 1 atom stereocenters. The van der Waals surface area contributed by atoms with Crippen LogP contribution in [0.4, 0.5) is 5.69 Å². The summed E-state index contributed by atoms with van der Waals surface area (Å²) in [5, 5.41) is 3.08. The average Bonchev–Trinajstić information content (AvgIpc) is 2.69. The lowest BCUT2D eigenvalue weighted by atomic mass is 9.78. The van der Waals surface area contributed by atoms with Crippen molar-refractivity contribution >= 4 is 21.4 Å². The number of piperidine rings is 3. The van der Waals surface area contributed by atoms with Crippen molar-refractivity contribution in [3.05, 3.63) is 54.1 Å². The molecule has 1 amide bonds. The normalized spacial score (nSPS) is 24.1. The van der Waals surface area contributed by atoms with E-state index in [-0.39, 0.29) is 17.6 Å². The third kappa shape index (κ3) is 4.45. The summed E-state index contributed by atoms with van der Waals surface area (Å²) in [5.41, 5.74) is 3.66. The molecule has 0 radical (unpaired) electrons. The predicted molar refractivity (Wildman–Crippen MR) is 112 cm³/mol. The molecule has 5 rings (SSSR count). The third-order valence-corrected chi connectivity index (χ3v) is 6.72. The highest BCUT2D eigenvalue weighted by molar-refractivity contribution is 7.89. The first-order chi connectivity index (χ1) is 13.4. The van der Waals surface area contributed by atoms with Crippen LogP contribution in [-0.2, 0) is 20.4 Å². The van der Waals surface area contributed by atoms with Gasteiger partial charge in [-0.3, -0.25) is 4.79 Å². The Balaban J connectivity index is 1.40. The fraction of sp³-hybridized carbons (Fsp3) is 0.409. The topological polar surface area (TPSA) is 66.5 Å². The second-order valence-electron chi connectivity index (χ2n) is 8.08. The number of carbonyl (C=O) groups excluding carboxylic acids is 1. The number of benzene rings is 2. The van der Waals surface area contributed by atoms with Crippen molar-refractivity contribution < 1.29 is 13.2 Å². The first-order valence-corrected chi connectivity index (χ1v) is 11.8. The summed E-state index contributed by atoms with van der Waals surface area (Å²) in [5.74, 6) is 0.809. The van der Waals surface area contributed by atoms with Crippen LogP contribution in [0.2, 0.25) is 0 Å². The maximum absolute atomic E-state index is 12.7. The van der Waals surface area contributed by atoms with Gasteiger partial charge in [0, 0.05) is 18.5 Å². The number of amides is 1. The molecule has 3 aliphatic rings. The fourth-order valence-corrected chi connectivity index (χ4v) is 5.14. The lowest BCUT2D eigenvalue weighted by Gasteiger charge is -2.43. The summed E-state index contributed by atoms with van der Waals surface area (Å²) in [6.45, 7) is 3.15. The van der Waals surface area contributed by atoms with Gasteiger partial charge >= 0.3 is 0 Å². The molecular formula is C22H26N2O3S. The second kappa shape index (κ2) is 7.68. The number of anilines is 1. The molecule has 5 nitrogen and oxygen atoms in total. The molecule has 0 unspecified atom stereocenters. The molecule has 148 valence electrons. The monoisotopic (exact) mass is 398 g/mol. The smallest absolute Gasteiger partial charge is 0.229 e.